The number of hydrogen-bond acceptors (Lipinski definition) is 4. The molecule has 0 spiro atoms. The Kier molecular flexibility index (Phi) is 2.21. The highest BCUT2D eigenvalue weighted by molar-refractivity contribution is 5.36. The van der Waals surface area contributed by atoms with E-state index < -0.39 is 0 Å². The molecule has 0 saturated carbocycles. The first-order chi connectivity index (χ1) is 7.74. The molecule has 1 aromatic rings. The molecule has 1 fully saturated rings. The number of rotatable bonds is 1. The Labute approximate surface area is 93.7 Å². The van der Waals surface area contributed by atoms with E-state index in [-0.39, 0.29) is 11.6 Å². The van der Waals surface area contributed by atoms with Crippen molar-refractivity contribution in [1.29, 1.82) is 0 Å². The highest BCUT2D eigenvalue weighted by atomic mass is 16.1. The number of nitrogens with one attached hydrogen (secondary N) is 1. The zero-order valence-corrected chi connectivity index (χ0v) is 9.20. The first-order valence-corrected chi connectivity index (χ1v) is 5.86. The fourth-order valence-electron chi connectivity index (χ4n) is 2.56. The third-order valence-corrected chi connectivity index (χ3v) is 3.45. The Morgan fingerprint density at radius 3 is 3.06 bits per heavy atom. The lowest BCUT2D eigenvalue weighted by atomic mass is 10.3. The van der Waals surface area contributed by atoms with E-state index in [2.05, 4.69) is 14.9 Å². The fraction of sp³-hybridized carbons (Fsp3) is 0.636. The molecule has 0 radical (unpaired) electrons. The normalized spacial score (nSPS) is 23.8. The maximum atomic E-state index is 11.8. The van der Waals surface area contributed by atoms with Crippen LogP contribution in [0.25, 0.3) is 0 Å². The van der Waals surface area contributed by atoms with Crippen molar-refractivity contribution in [3.8, 4) is 0 Å². The molecular weight excluding hydrogens is 204 g/mol. The standard InChI is InChI=1S/C11H16N4O/c12-7-4-5-15(6-7)11-13-9-3-1-2-8(9)10(16)14-11/h7H,1-6,12H2,(H,13,14,16)/t7-/m0/s1. The van der Waals surface area contributed by atoms with Crippen molar-refractivity contribution in [3.05, 3.63) is 21.6 Å². The summed E-state index contributed by atoms with van der Waals surface area (Å²) in [5, 5.41) is 0. The van der Waals surface area contributed by atoms with Crippen molar-refractivity contribution in [3.63, 3.8) is 0 Å². The monoisotopic (exact) mass is 220 g/mol. The Balaban J connectivity index is 1.97. The van der Waals surface area contributed by atoms with Crippen LogP contribution in [0.4, 0.5) is 5.95 Å². The van der Waals surface area contributed by atoms with E-state index in [1.807, 2.05) is 0 Å². The highest BCUT2D eigenvalue weighted by Crippen LogP contribution is 2.20. The summed E-state index contributed by atoms with van der Waals surface area (Å²) < 4.78 is 0. The van der Waals surface area contributed by atoms with E-state index in [1.165, 1.54) is 0 Å². The second-order valence-electron chi connectivity index (χ2n) is 4.66. The molecule has 1 saturated heterocycles. The Morgan fingerprint density at radius 2 is 2.31 bits per heavy atom. The SMILES string of the molecule is N[C@H]1CCN(c2nc3c(c(=O)[nH]2)CCC3)C1. The molecule has 1 atom stereocenters. The van der Waals surface area contributed by atoms with Crippen molar-refractivity contribution in [2.24, 2.45) is 5.73 Å². The molecule has 5 nitrogen and oxygen atoms in total. The minimum atomic E-state index is 0.0398. The lowest BCUT2D eigenvalue weighted by Crippen LogP contribution is -2.30. The smallest absolute Gasteiger partial charge is 0.255 e. The lowest BCUT2D eigenvalue weighted by Gasteiger charge is -2.16. The molecule has 2 heterocycles. The summed E-state index contributed by atoms with van der Waals surface area (Å²) in [6.07, 6.45) is 3.83. The summed E-state index contributed by atoms with van der Waals surface area (Å²) in [5.41, 5.74) is 7.76. The summed E-state index contributed by atoms with van der Waals surface area (Å²) in [6, 6.07) is 0.207. The van der Waals surface area contributed by atoms with Gasteiger partial charge in [0.05, 0.1) is 5.69 Å². The number of fused-ring (bicyclic) bond motifs is 1. The third kappa shape index (κ3) is 1.51. The Bertz CT molecular complexity index is 468. The van der Waals surface area contributed by atoms with E-state index in [4.69, 9.17) is 5.73 Å². The maximum absolute atomic E-state index is 11.8. The quantitative estimate of drug-likeness (QED) is 0.687. The molecule has 1 aromatic heterocycles. The van der Waals surface area contributed by atoms with Gasteiger partial charge in [0, 0.05) is 24.7 Å². The van der Waals surface area contributed by atoms with Gasteiger partial charge in [0.25, 0.3) is 5.56 Å². The maximum Gasteiger partial charge on any atom is 0.255 e. The topological polar surface area (TPSA) is 75.0 Å². The van der Waals surface area contributed by atoms with E-state index >= 15 is 0 Å². The minimum absolute atomic E-state index is 0.0398. The van der Waals surface area contributed by atoms with Gasteiger partial charge in [0.2, 0.25) is 5.95 Å². The number of aromatic nitrogens is 2. The Morgan fingerprint density at radius 1 is 1.44 bits per heavy atom. The first-order valence-electron chi connectivity index (χ1n) is 5.86. The molecule has 16 heavy (non-hydrogen) atoms. The number of H-pyrrole nitrogens is 1. The molecule has 1 aliphatic carbocycles. The van der Waals surface area contributed by atoms with Gasteiger partial charge in [0.15, 0.2) is 0 Å². The van der Waals surface area contributed by atoms with Gasteiger partial charge in [-0.05, 0) is 25.7 Å². The summed E-state index contributed by atoms with van der Waals surface area (Å²) in [4.78, 5) is 21.3. The molecule has 86 valence electrons. The fourth-order valence-corrected chi connectivity index (χ4v) is 2.56. The van der Waals surface area contributed by atoms with Crippen LogP contribution in [0.1, 0.15) is 24.1 Å². The average Bonchev–Trinajstić information content (AvgIpc) is 2.85. The number of hydrogen-bond donors (Lipinski definition) is 2. The van der Waals surface area contributed by atoms with Crippen LogP contribution in [0.2, 0.25) is 0 Å². The highest BCUT2D eigenvalue weighted by Gasteiger charge is 2.24. The van der Waals surface area contributed by atoms with Crippen LogP contribution in [0.15, 0.2) is 4.79 Å². The van der Waals surface area contributed by atoms with Gasteiger partial charge >= 0.3 is 0 Å². The van der Waals surface area contributed by atoms with E-state index in [9.17, 15) is 4.79 Å². The first kappa shape index (κ1) is 9.84. The molecule has 5 heteroatoms. The molecule has 0 aromatic carbocycles. The molecule has 1 aliphatic heterocycles. The lowest BCUT2D eigenvalue weighted by molar-refractivity contribution is 0.749. The number of aryl methyl sites for hydroxylation is 1. The van der Waals surface area contributed by atoms with Crippen LogP contribution in [-0.2, 0) is 12.8 Å². The average molecular weight is 220 g/mol. The molecular formula is C11H16N4O. The van der Waals surface area contributed by atoms with Crippen molar-refractivity contribution >= 4 is 5.95 Å². The second-order valence-corrected chi connectivity index (χ2v) is 4.66. The summed E-state index contributed by atoms with van der Waals surface area (Å²) in [6.45, 7) is 1.69. The number of aromatic amines is 1. The largest absolute Gasteiger partial charge is 0.341 e. The van der Waals surface area contributed by atoms with Gasteiger partial charge in [-0.25, -0.2) is 4.98 Å². The number of nitrogens with zero attached hydrogens (tertiary/aromatic N) is 2. The van der Waals surface area contributed by atoms with Crippen molar-refractivity contribution in [2.45, 2.75) is 31.7 Å². The van der Waals surface area contributed by atoms with E-state index in [0.717, 1.165) is 50.0 Å². The van der Waals surface area contributed by atoms with E-state index in [0.29, 0.717) is 5.95 Å². The van der Waals surface area contributed by atoms with Gasteiger partial charge in [-0.15, -0.1) is 0 Å². The Hall–Kier alpha value is -1.36. The zero-order valence-electron chi connectivity index (χ0n) is 9.20. The van der Waals surface area contributed by atoms with Gasteiger partial charge in [-0.2, -0.15) is 0 Å². The summed E-state index contributed by atoms with van der Waals surface area (Å²) in [7, 11) is 0. The van der Waals surface area contributed by atoms with E-state index in [1.54, 1.807) is 0 Å². The molecule has 0 amide bonds. The summed E-state index contributed by atoms with van der Waals surface area (Å²) in [5.74, 6) is 0.707. The molecule has 0 unspecified atom stereocenters. The van der Waals surface area contributed by atoms with Gasteiger partial charge in [-0.3, -0.25) is 9.78 Å². The molecule has 0 bridgehead atoms. The predicted octanol–water partition coefficient (Wildman–Crippen LogP) is -0.204. The summed E-state index contributed by atoms with van der Waals surface area (Å²) >= 11 is 0. The molecule has 2 aliphatic rings. The van der Waals surface area contributed by atoms with Gasteiger partial charge < -0.3 is 10.6 Å². The van der Waals surface area contributed by atoms with Gasteiger partial charge in [-0.1, -0.05) is 0 Å². The van der Waals surface area contributed by atoms with Crippen LogP contribution in [0.3, 0.4) is 0 Å². The van der Waals surface area contributed by atoms with Crippen LogP contribution in [0.5, 0.6) is 0 Å². The van der Waals surface area contributed by atoms with Crippen molar-refractivity contribution in [1.82, 2.24) is 9.97 Å². The number of anilines is 1. The van der Waals surface area contributed by atoms with Crippen molar-refractivity contribution in [2.75, 3.05) is 18.0 Å². The number of nitrogens with two attached hydrogens (primary N) is 1. The second kappa shape index (κ2) is 3.59. The van der Waals surface area contributed by atoms with Crippen molar-refractivity contribution < 1.29 is 0 Å². The molecule has 3 rings (SSSR count). The molecule has 3 N–H and O–H groups in total. The van der Waals surface area contributed by atoms with Crippen LogP contribution < -0.4 is 16.2 Å². The third-order valence-electron chi connectivity index (χ3n) is 3.45. The van der Waals surface area contributed by atoms with Crippen LogP contribution in [-0.4, -0.2) is 29.1 Å². The van der Waals surface area contributed by atoms with Crippen LogP contribution >= 0.6 is 0 Å². The predicted molar refractivity (Wildman–Crippen MR) is 61.7 cm³/mol. The zero-order chi connectivity index (χ0) is 11.1. The van der Waals surface area contributed by atoms with Gasteiger partial charge in [0.1, 0.15) is 0 Å². The van der Waals surface area contributed by atoms with Crippen LogP contribution in [0, 0.1) is 0 Å². The minimum Gasteiger partial charge on any atom is -0.341 e.